The van der Waals surface area contributed by atoms with Crippen molar-refractivity contribution in [2.75, 3.05) is 12.8 Å². The van der Waals surface area contributed by atoms with Crippen molar-refractivity contribution in [1.29, 1.82) is 0 Å². The van der Waals surface area contributed by atoms with Gasteiger partial charge in [-0.1, -0.05) is 33.6 Å². The van der Waals surface area contributed by atoms with Gasteiger partial charge in [0.1, 0.15) is 11.6 Å². The van der Waals surface area contributed by atoms with Gasteiger partial charge in [0.15, 0.2) is 5.69 Å². The molecule has 3 atom stereocenters. The van der Waals surface area contributed by atoms with Gasteiger partial charge in [-0.3, -0.25) is 0 Å². The quantitative estimate of drug-likeness (QED) is 0.864. The highest BCUT2D eigenvalue weighted by Crippen LogP contribution is 2.40. The molecular weight excluding hydrogens is 254 g/mol. The van der Waals surface area contributed by atoms with Gasteiger partial charge in [-0.15, -0.1) is 0 Å². The van der Waals surface area contributed by atoms with E-state index in [1.54, 1.807) is 0 Å². The first kappa shape index (κ1) is 14.9. The first-order chi connectivity index (χ1) is 9.51. The standard InChI is InChI=1S/C15H25N3O2/c1-5-12-17-13(15(19)20-4)14(16)18(12)11-8-6-7-9(2)10(11)3/h9-11H,5-8,16H2,1-4H3. The number of aromatic nitrogens is 2. The summed E-state index contributed by atoms with van der Waals surface area (Å²) in [5, 5.41) is 0. The first-order valence-electron chi connectivity index (χ1n) is 7.46. The van der Waals surface area contributed by atoms with Crippen molar-refractivity contribution in [2.45, 2.75) is 52.5 Å². The Morgan fingerprint density at radius 1 is 1.45 bits per heavy atom. The van der Waals surface area contributed by atoms with Crippen LogP contribution >= 0.6 is 0 Å². The molecule has 1 heterocycles. The molecule has 1 aromatic heterocycles. The predicted octanol–water partition coefficient (Wildman–Crippen LogP) is 2.81. The van der Waals surface area contributed by atoms with Crippen molar-refractivity contribution < 1.29 is 9.53 Å². The molecule has 3 unspecified atom stereocenters. The number of nitrogens with zero attached hydrogens (tertiary/aromatic N) is 2. The van der Waals surface area contributed by atoms with E-state index in [1.807, 2.05) is 6.92 Å². The number of carbonyl (C=O) groups is 1. The van der Waals surface area contributed by atoms with E-state index in [0.29, 0.717) is 23.7 Å². The van der Waals surface area contributed by atoms with Crippen molar-refractivity contribution in [3.05, 3.63) is 11.5 Å². The zero-order valence-electron chi connectivity index (χ0n) is 12.8. The maximum absolute atomic E-state index is 11.8. The summed E-state index contributed by atoms with van der Waals surface area (Å²) in [7, 11) is 1.36. The van der Waals surface area contributed by atoms with Crippen molar-refractivity contribution in [3.63, 3.8) is 0 Å². The molecule has 0 bridgehead atoms. The molecule has 5 heteroatoms. The van der Waals surface area contributed by atoms with Crippen molar-refractivity contribution in [2.24, 2.45) is 11.8 Å². The normalized spacial score (nSPS) is 26.5. The van der Waals surface area contributed by atoms with Crippen LogP contribution in [0.15, 0.2) is 0 Å². The molecule has 1 saturated carbocycles. The van der Waals surface area contributed by atoms with Crippen LogP contribution in [0.2, 0.25) is 0 Å². The van der Waals surface area contributed by atoms with E-state index in [2.05, 4.69) is 23.4 Å². The minimum absolute atomic E-state index is 0.259. The first-order valence-corrected chi connectivity index (χ1v) is 7.46. The number of nitrogen functional groups attached to an aromatic ring is 1. The number of imidazole rings is 1. The summed E-state index contributed by atoms with van der Waals surface area (Å²) in [6.45, 7) is 6.60. The van der Waals surface area contributed by atoms with E-state index >= 15 is 0 Å². The average Bonchev–Trinajstić information content (AvgIpc) is 2.78. The molecule has 2 rings (SSSR count). The fraction of sp³-hybridized carbons (Fsp3) is 0.733. The molecule has 1 aliphatic rings. The van der Waals surface area contributed by atoms with Crippen LogP contribution in [0.5, 0.6) is 0 Å². The molecular formula is C15H25N3O2. The van der Waals surface area contributed by atoms with E-state index < -0.39 is 5.97 Å². The fourth-order valence-corrected chi connectivity index (χ4v) is 3.28. The predicted molar refractivity (Wildman–Crippen MR) is 78.6 cm³/mol. The Kier molecular flexibility index (Phi) is 4.35. The molecule has 0 aliphatic heterocycles. The Balaban J connectivity index is 2.44. The lowest BCUT2D eigenvalue weighted by molar-refractivity contribution is 0.0595. The molecule has 1 aromatic rings. The van der Waals surface area contributed by atoms with Gasteiger partial charge in [0.25, 0.3) is 0 Å². The average molecular weight is 279 g/mol. The third-order valence-corrected chi connectivity index (χ3v) is 4.71. The summed E-state index contributed by atoms with van der Waals surface area (Å²) in [4.78, 5) is 16.2. The van der Waals surface area contributed by atoms with Crippen LogP contribution in [0.3, 0.4) is 0 Å². The highest BCUT2D eigenvalue weighted by Gasteiger charge is 2.32. The molecule has 0 radical (unpaired) electrons. The summed E-state index contributed by atoms with van der Waals surface area (Å²) < 4.78 is 6.85. The summed E-state index contributed by atoms with van der Waals surface area (Å²) in [5.74, 6) is 2.10. The Morgan fingerprint density at radius 2 is 2.15 bits per heavy atom. The number of methoxy groups -OCH3 is 1. The van der Waals surface area contributed by atoms with E-state index in [9.17, 15) is 4.79 Å². The smallest absolute Gasteiger partial charge is 0.360 e. The molecule has 1 fully saturated rings. The minimum Gasteiger partial charge on any atom is -0.464 e. The van der Waals surface area contributed by atoms with Gasteiger partial charge in [0.2, 0.25) is 0 Å². The van der Waals surface area contributed by atoms with Crippen LogP contribution in [-0.2, 0) is 11.2 Å². The topological polar surface area (TPSA) is 70.1 Å². The van der Waals surface area contributed by atoms with Crippen LogP contribution in [0.25, 0.3) is 0 Å². The maximum atomic E-state index is 11.8. The van der Waals surface area contributed by atoms with E-state index in [1.165, 1.54) is 20.0 Å². The lowest BCUT2D eigenvalue weighted by Gasteiger charge is -2.36. The molecule has 0 aromatic carbocycles. The van der Waals surface area contributed by atoms with Gasteiger partial charge in [-0.05, 0) is 18.3 Å². The molecule has 20 heavy (non-hydrogen) atoms. The van der Waals surface area contributed by atoms with Crippen molar-refractivity contribution in [3.8, 4) is 0 Å². The fourth-order valence-electron chi connectivity index (χ4n) is 3.28. The highest BCUT2D eigenvalue weighted by atomic mass is 16.5. The number of carbonyl (C=O) groups excluding carboxylic acids is 1. The van der Waals surface area contributed by atoms with Gasteiger partial charge in [0, 0.05) is 12.5 Å². The number of hydrogen-bond acceptors (Lipinski definition) is 4. The summed E-state index contributed by atoms with van der Waals surface area (Å²) >= 11 is 0. The van der Waals surface area contributed by atoms with Crippen molar-refractivity contribution >= 4 is 11.8 Å². The number of esters is 1. The minimum atomic E-state index is -0.451. The van der Waals surface area contributed by atoms with Crippen LogP contribution in [0.1, 0.15) is 62.4 Å². The lowest BCUT2D eigenvalue weighted by Crippen LogP contribution is -2.29. The molecule has 1 aliphatic carbocycles. The lowest BCUT2D eigenvalue weighted by atomic mass is 9.78. The summed E-state index contributed by atoms with van der Waals surface area (Å²) in [6.07, 6.45) is 4.32. The van der Waals surface area contributed by atoms with Gasteiger partial charge in [-0.25, -0.2) is 9.78 Å². The third kappa shape index (κ3) is 2.41. The molecule has 0 amide bonds. The highest BCUT2D eigenvalue weighted by molar-refractivity contribution is 5.92. The van der Waals surface area contributed by atoms with Gasteiger partial charge in [0.05, 0.1) is 7.11 Å². The summed E-state index contributed by atoms with van der Waals surface area (Å²) in [5.41, 5.74) is 6.45. The van der Waals surface area contributed by atoms with Crippen molar-refractivity contribution in [1.82, 2.24) is 9.55 Å². The molecule has 5 nitrogen and oxygen atoms in total. The number of hydrogen-bond donors (Lipinski definition) is 1. The third-order valence-electron chi connectivity index (χ3n) is 4.71. The Labute approximate surface area is 120 Å². The Hall–Kier alpha value is -1.52. The molecule has 0 spiro atoms. The zero-order chi connectivity index (χ0) is 14.9. The van der Waals surface area contributed by atoms with Crippen LogP contribution in [-0.4, -0.2) is 22.6 Å². The molecule has 0 saturated heterocycles. The summed E-state index contributed by atoms with van der Waals surface area (Å²) in [6, 6.07) is 0.333. The van der Waals surface area contributed by atoms with Crippen LogP contribution < -0.4 is 5.73 Å². The van der Waals surface area contributed by atoms with Gasteiger partial charge in [-0.2, -0.15) is 0 Å². The van der Waals surface area contributed by atoms with E-state index in [4.69, 9.17) is 10.5 Å². The van der Waals surface area contributed by atoms with Crippen LogP contribution in [0, 0.1) is 11.8 Å². The number of aryl methyl sites for hydroxylation is 1. The molecule has 2 N–H and O–H groups in total. The number of rotatable bonds is 3. The number of anilines is 1. The maximum Gasteiger partial charge on any atom is 0.360 e. The Morgan fingerprint density at radius 3 is 2.75 bits per heavy atom. The largest absolute Gasteiger partial charge is 0.464 e. The van der Waals surface area contributed by atoms with Gasteiger partial charge < -0.3 is 15.0 Å². The Bertz CT molecular complexity index is 496. The molecule has 112 valence electrons. The second-order valence-corrected chi connectivity index (χ2v) is 5.81. The van der Waals surface area contributed by atoms with Crippen LogP contribution in [0.4, 0.5) is 5.82 Å². The SMILES string of the molecule is CCc1nc(C(=O)OC)c(N)n1C1CCCC(C)C1C. The monoisotopic (exact) mass is 279 g/mol. The second kappa shape index (κ2) is 5.85. The van der Waals surface area contributed by atoms with E-state index in [0.717, 1.165) is 18.7 Å². The van der Waals surface area contributed by atoms with E-state index in [-0.39, 0.29) is 5.69 Å². The van der Waals surface area contributed by atoms with Gasteiger partial charge >= 0.3 is 5.97 Å². The number of nitrogens with two attached hydrogens (primary N) is 1. The second-order valence-electron chi connectivity index (χ2n) is 5.81. The zero-order valence-corrected chi connectivity index (χ0v) is 12.8. The number of ether oxygens (including phenoxy) is 1.